The number of fused-ring (bicyclic) bond motifs is 1. The molecule has 1 heterocycles. The number of carbonyl (C=O) groups excluding carboxylic acids is 1. The van der Waals surface area contributed by atoms with Gasteiger partial charge in [0, 0.05) is 5.69 Å². The highest BCUT2D eigenvalue weighted by atomic mass is 19.4. The third-order valence-electron chi connectivity index (χ3n) is 3.81. The smallest absolute Gasteiger partial charge is 0.416 e. The second-order valence-electron chi connectivity index (χ2n) is 5.70. The molecule has 2 aromatic carbocycles. The number of nitrogens with zero attached hydrogens (tertiary/aromatic N) is 2. The lowest BCUT2D eigenvalue weighted by molar-refractivity contribution is -0.137. The molecule has 0 bridgehead atoms. The molecule has 1 aromatic heterocycles. The van der Waals surface area contributed by atoms with E-state index >= 15 is 0 Å². The number of benzene rings is 2. The Bertz CT molecular complexity index is 1000. The topological polar surface area (TPSA) is 73.3 Å². The quantitative estimate of drug-likeness (QED) is 0.642. The first-order valence-electron chi connectivity index (χ1n) is 8.29. The standard InChI is InChI=1S/C19H16F3N3O3/c1-3-28-18(26)16-17(23-12-5-7-13(27-2)8-6-12)25-15-10-11(19(20,21)22)4-9-14(15)24-16/h4-10H,3H2,1-2H3,(H,23,25). The number of aromatic nitrogens is 2. The Hall–Kier alpha value is -3.36. The predicted molar refractivity (Wildman–Crippen MR) is 96.8 cm³/mol. The third-order valence-corrected chi connectivity index (χ3v) is 3.81. The SMILES string of the molecule is CCOC(=O)c1nc2ccc(C(F)(F)F)cc2nc1Nc1ccc(OC)cc1. The van der Waals surface area contributed by atoms with E-state index in [4.69, 9.17) is 9.47 Å². The van der Waals surface area contributed by atoms with Gasteiger partial charge in [-0.1, -0.05) is 0 Å². The second-order valence-corrected chi connectivity index (χ2v) is 5.70. The molecule has 146 valence electrons. The van der Waals surface area contributed by atoms with Crippen LogP contribution in [0.2, 0.25) is 0 Å². The minimum atomic E-state index is -4.51. The molecule has 0 fully saturated rings. The van der Waals surface area contributed by atoms with Gasteiger partial charge in [0.1, 0.15) is 5.75 Å². The number of halogens is 3. The van der Waals surface area contributed by atoms with E-state index in [-0.39, 0.29) is 29.2 Å². The van der Waals surface area contributed by atoms with Crippen molar-refractivity contribution in [1.82, 2.24) is 9.97 Å². The minimum Gasteiger partial charge on any atom is -0.497 e. The van der Waals surface area contributed by atoms with Crippen molar-refractivity contribution in [3.05, 3.63) is 53.7 Å². The lowest BCUT2D eigenvalue weighted by Crippen LogP contribution is -2.13. The minimum absolute atomic E-state index is 0.00103. The number of carbonyl (C=O) groups is 1. The molecule has 6 nitrogen and oxygen atoms in total. The van der Waals surface area contributed by atoms with Crippen LogP contribution in [-0.2, 0) is 10.9 Å². The van der Waals surface area contributed by atoms with E-state index in [1.807, 2.05) is 0 Å². The van der Waals surface area contributed by atoms with Gasteiger partial charge in [-0.15, -0.1) is 0 Å². The summed E-state index contributed by atoms with van der Waals surface area (Å²) in [6.45, 7) is 1.76. The van der Waals surface area contributed by atoms with E-state index < -0.39 is 17.7 Å². The molecule has 0 spiro atoms. The summed E-state index contributed by atoms with van der Waals surface area (Å²) in [6, 6.07) is 9.66. The van der Waals surface area contributed by atoms with Crippen molar-refractivity contribution in [3.8, 4) is 5.75 Å². The van der Waals surface area contributed by atoms with Gasteiger partial charge in [-0.25, -0.2) is 14.8 Å². The Morgan fingerprint density at radius 2 is 1.79 bits per heavy atom. The Labute approximate surface area is 158 Å². The monoisotopic (exact) mass is 391 g/mol. The fraction of sp³-hybridized carbons (Fsp3) is 0.211. The van der Waals surface area contributed by atoms with Crippen LogP contribution in [-0.4, -0.2) is 29.7 Å². The van der Waals surface area contributed by atoms with Gasteiger partial charge in [-0.2, -0.15) is 13.2 Å². The number of methoxy groups -OCH3 is 1. The molecule has 3 rings (SSSR count). The van der Waals surface area contributed by atoms with Crippen LogP contribution < -0.4 is 10.1 Å². The van der Waals surface area contributed by atoms with Gasteiger partial charge < -0.3 is 14.8 Å². The van der Waals surface area contributed by atoms with Crippen LogP contribution in [0.15, 0.2) is 42.5 Å². The summed E-state index contributed by atoms with van der Waals surface area (Å²) in [4.78, 5) is 20.6. The molecular formula is C19H16F3N3O3. The summed E-state index contributed by atoms with van der Waals surface area (Å²) in [7, 11) is 1.52. The summed E-state index contributed by atoms with van der Waals surface area (Å²) in [6.07, 6.45) is -4.51. The van der Waals surface area contributed by atoms with Crippen molar-refractivity contribution >= 4 is 28.5 Å². The number of ether oxygens (including phenoxy) is 2. The molecule has 9 heteroatoms. The molecule has 0 unspecified atom stereocenters. The van der Waals surface area contributed by atoms with Gasteiger partial charge in [-0.3, -0.25) is 0 Å². The maximum atomic E-state index is 13.0. The molecule has 0 amide bonds. The van der Waals surface area contributed by atoms with Crippen molar-refractivity contribution in [2.24, 2.45) is 0 Å². The van der Waals surface area contributed by atoms with Crippen molar-refractivity contribution in [2.75, 3.05) is 19.0 Å². The van der Waals surface area contributed by atoms with Crippen molar-refractivity contribution in [2.45, 2.75) is 13.1 Å². The van der Waals surface area contributed by atoms with Gasteiger partial charge >= 0.3 is 12.1 Å². The lowest BCUT2D eigenvalue weighted by atomic mass is 10.2. The summed E-state index contributed by atoms with van der Waals surface area (Å²) in [5, 5.41) is 2.90. The van der Waals surface area contributed by atoms with Crippen LogP contribution >= 0.6 is 0 Å². The maximum absolute atomic E-state index is 13.0. The number of nitrogens with one attached hydrogen (secondary N) is 1. The average Bonchev–Trinajstić information content (AvgIpc) is 2.67. The first-order chi connectivity index (χ1) is 13.3. The third kappa shape index (κ3) is 4.13. The maximum Gasteiger partial charge on any atom is 0.416 e. The van der Waals surface area contributed by atoms with Crippen molar-refractivity contribution in [1.29, 1.82) is 0 Å². The van der Waals surface area contributed by atoms with E-state index in [2.05, 4.69) is 15.3 Å². The van der Waals surface area contributed by atoms with Gasteiger partial charge in [0.2, 0.25) is 0 Å². The lowest BCUT2D eigenvalue weighted by Gasteiger charge is -2.13. The Kier molecular flexibility index (Phi) is 5.34. The predicted octanol–water partition coefficient (Wildman–Crippen LogP) is 4.58. The zero-order chi connectivity index (χ0) is 20.3. The normalized spacial score (nSPS) is 11.3. The summed E-state index contributed by atoms with van der Waals surface area (Å²) in [5.41, 5.74) is -0.277. The zero-order valence-electron chi connectivity index (χ0n) is 15.0. The Balaban J connectivity index is 2.09. The second kappa shape index (κ2) is 7.71. The van der Waals surface area contributed by atoms with Crippen LogP contribution in [0.25, 0.3) is 11.0 Å². The fourth-order valence-corrected chi connectivity index (χ4v) is 2.47. The zero-order valence-corrected chi connectivity index (χ0v) is 15.0. The van der Waals surface area contributed by atoms with Crippen LogP contribution in [0.5, 0.6) is 5.75 Å². The molecule has 28 heavy (non-hydrogen) atoms. The van der Waals surface area contributed by atoms with E-state index in [9.17, 15) is 18.0 Å². The molecule has 0 saturated carbocycles. The number of esters is 1. The average molecular weight is 391 g/mol. The Morgan fingerprint density at radius 1 is 1.07 bits per heavy atom. The van der Waals surface area contributed by atoms with E-state index in [0.29, 0.717) is 11.4 Å². The van der Waals surface area contributed by atoms with Crippen molar-refractivity contribution < 1.29 is 27.4 Å². The number of hydrogen-bond acceptors (Lipinski definition) is 6. The van der Waals surface area contributed by atoms with E-state index in [1.165, 1.54) is 13.2 Å². The highest BCUT2D eigenvalue weighted by Gasteiger charge is 2.31. The van der Waals surface area contributed by atoms with E-state index in [1.54, 1.807) is 31.2 Å². The molecule has 0 aliphatic heterocycles. The highest BCUT2D eigenvalue weighted by molar-refractivity contribution is 5.96. The Morgan fingerprint density at radius 3 is 2.39 bits per heavy atom. The number of alkyl halides is 3. The van der Waals surface area contributed by atoms with Crippen LogP contribution in [0.4, 0.5) is 24.7 Å². The first kappa shape index (κ1) is 19.4. The first-order valence-corrected chi connectivity index (χ1v) is 8.29. The summed E-state index contributed by atoms with van der Waals surface area (Å²) < 4.78 is 49.0. The van der Waals surface area contributed by atoms with Crippen LogP contribution in [0.1, 0.15) is 23.0 Å². The van der Waals surface area contributed by atoms with Crippen molar-refractivity contribution in [3.63, 3.8) is 0 Å². The molecule has 3 aromatic rings. The summed E-state index contributed by atoms with van der Waals surface area (Å²) >= 11 is 0. The number of anilines is 2. The van der Waals surface area contributed by atoms with Gasteiger partial charge in [0.15, 0.2) is 11.5 Å². The molecule has 0 radical (unpaired) electrons. The van der Waals surface area contributed by atoms with E-state index in [0.717, 1.165) is 12.1 Å². The largest absolute Gasteiger partial charge is 0.497 e. The molecule has 0 aliphatic rings. The van der Waals surface area contributed by atoms with Crippen LogP contribution in [0.3, 0.4) is 0 Å². The summed E-state index contributed by atoms with van der Waals surface area (Å²) in [5.74, 6) is -0.112. The van der Waals surface area contributed by atoms with Gasteiger partial charge in [0.25, 0.3) is 0 Å². The highest BCUT2D eigenvalue weighted by Crippen LogP contribution is 2.31. The number of hydrogen-bond donors (Lipinski definition) is 1. The number of rotatable bonds is 5. The van der Waals surface area contributed by atoms with Gasteiger partial charge in [0.05, 0.1) is 30.3 Å². The fourth-order valence-electron chi connectivity index (χ4n) is 2.47. The molecule has 1 N–H and O–H groups in total. The van der Waals surface area contributed by atoms with Crippen LogP contribution in [0, 0.1) is 0 Å². The molecule has 0 aliphatic carbocycles. The molecule has 0 atom stereocenters. The molecule has 0 saturated heterocycles. The van der Waals surface area contributed by atoms with Gasteiger partial charge in [-0.05, 0) is 49.4 Å². The molecular weight excluding hydrogens is 375 g/mol.